The fourth-order valence-electron chi connectivity index (χ4n) is 9.82. The SMILES string of the molecule is N#Cc1ccc(O[C@H]2CC[C@H](NC(=O)c3ccc(N4CCC(CN5CC6CCC5CN6c5ccc6c(c5)C(=O)N(C5CCC(=O)NC5=O)C6=O)CC4)nn3)CC2)cc1Cl. The average molecular weight is 820 g/mol. The first-order valence-corrected chi connectivity index (χ1v) is 21.1. The van der Waals surface area contributed by atoms with Crippen molar-refractivity contribution in [3.63, 3.8) is 0 Å². The van der Waals surface area contributed by atoms with Crippen molar-refractivity contribution in [2.45, 2.75) is 94.5 Å². The second-order valence-corrected chi connectivity index (χ2v) is 17.1. The predicted octanol–water partition coefficient (Wildman–Crippen LogP) is 4.09. The zero-order valence-electron chi connectivity index (χ0n) is 32.6. The van der Waals surface area contributed by atoms with Gasteiger partial charge in [-0.3, -0.25) is 39.1 Å². The molecule has 10 rings (SSSR count). The molecule has 5 saturated heterocycles. The molecule has 59 heavy (non-hydrogen) atoms. The molecule has 7 heterocycles. The summed E-state index contributed by atoms with van der Waals surface area (Å²) in [6.07, 6.45) is 7.65. The Labute approximate surface area is 347 Å². The number of aromatic nitrogens is 2. The monoisotopic (exact) mass is 819 g/mol. The predicted molar refractivity (Wildman–Crippen MR) is 216 cm³/mol. The Morgan fingerprint density at radius 2 is 1.64 bits per heavy atom. The first kappa shape index (κ1) is 38.9. The molecule has 3 aromatic rings. The molecule has 2 aromatic carbocycles. The molecule has 5 amide bonds. The van der Waals surface area contributed by atoms with Gasteiger partial charge in [-0.2, -0.15) is 5.26 Å². The van der Waals surface area contributed by atoms with Gasteiger partial charge >= 0.3 is 0 Å². The van der Waals surface area contributed by atoms with Crippen LogP contribution in [-0.4, -0.2) is 113 Å². The number of hydrogen-bond donors (Lipinski definition) is 2. The summed E-state index contributed by atoms with van der Waals surface area (Å²) in [6, 6.07) is 16.0. The second kappa shape index (κ2) is 16.2. The molecule has 6 fully saturated rings. The maximum atomic E-state index is 13.5. The van der Waals surface area contributed by atoms with Gasteiger partial charge in [-0.1, -0.05) is 11.6 Å². The first-order chi connectivity index (χ1) is 28.6. The third kappa shape index (κ3) is 7.83. The number of piperazine rings is 1. The highest BCUT2D eigenvalue weighted by Crippen LogP contribution is 2.37. The third-order valence-corrected chi connectivity index (χ3v) is 13.4. The lowest BCUT2D eigenvalue weighted by Gasteiger charge is -2.53. The number of carbonyl (C=O) groups is 5. The molecule has 3 unspecified atom stereocenters. The van der Waals surface area contributed by atoms with Crippen LogP contribution >= 0.6 is 11.6 Å². The Morgan fingerprint density at radius 3 is 2.34 bits per heavy atom. The van der Waals surface area contributed by atoms with Crippen LogP contribution in [0.3, 0.4) is 0 Å². The van der Waals surface area contributed by atoms with Crippen LogP contribution in [-0.2, 0) is 9.59 Å². The number of imide groups is 2. The van der Waals surface area contributed by atoms with Crippen LogP contribution in [0.4, 0.5) is 11.5 Å². The van der Waals surface area contributed by atoms with E-state index in [9.17, 15) is 24.0 Å². The van der Waals surface area contributed by atoms with Crippen molar-refractivity contribution in [3.8, 4) is 11.8 Å². The van der Waals surface area contributed by atoms with Crippen molar-refractivity contribution < 1.29 is 28.7 Å². The molecule has 0 spiro atoms. The lowest BCUT2D eigenvalue weighted by atomic mass is 9.87. The molecule has 6 aliphatic heterocycles. The van der Waals surface area contributed by atoms with Gasteiger partial charge in [0.25, 0.3) is 17.7 Å². The van der Waals surface area contributed by atoms with Crippen LogP contribution in [0, 0.1) is 17.2 Å². The molecule has 2 N–H and O–H groups in total. The minimum absolute atomic E-state index is 0.0184. The largest absolute Gasteiger partial charge is 0.490 e. The summed E-state index contributed by atoms with van der Waals surface area (Å²) in [4.78, 5) is 72.2. The van der Waals surface area contributed by atoms with Crippen molar-refractivity contribution in [2.24, 2.45) is 5.92 Å². The molecule has 1 saturated carbocycles. The quantitative estimate of drug-likeness (QED) is 0.296. The Morgan fingerprint density at radius 1 is 0.864 bits per heavy atom. The Kier molecular flexibility index (Phi) is 10.7. The van der Waals surface area contributed by atoms with Crippen molar-refractivity contribution in [1.82, 2.24) is 30.6 Å². The molecular weight excluding hydrogens is 774 g/mol. The molecule has 1 aromatic heterocycles. The van der Waals surface area contributed by atoms with E-state index in [1.54, 1.807) is 30.3 Å². The molecule has 15 nitrogen and oxygen atoms in total. The number of amides is 5. The summed E-state index contributed by atoms with van der Waals surface area (Å²) in [5.41, 5.74) is 2.26. The van der Waals surface area contributed by atoms with Crippen LogP contribution < -0.4 is 25.2 Å². The number of ether oxygens (including phenoxy) is 1. The van der Waals surface area contributed by atoms with E-state index in [4.69, 9.17) is 21.6 Å². The van der Waals surface area contributed by atoms with Crippen LogP contribution in [0.25, 0.3) is 0 Å². The summed E-state index contributed by atoms with van der Waals surface area (Å²) in [7, 11) is 0. The number of piperidine rings is 4. The number of rotatable bonds is 9. The molecular formula is C43H46ClN9O6. The van der Waals surface area contributed by atoms with E-state index >= 15 is 0 Å². The first-order valence-electron chi connectivity index (χ1n) is 20.7. The molecule has 7 aliphatic rings. The highest BCUT2D eigenvalue weighted by atomic mass is 35.5. The van der Waals surface area contributed by atoms with Crippen molar-refractivity contribution in [1.29, 1.82) is 5.26 Å². The fourth-order valence-corrected chi connectivity index (χ4v) is 10.0. The van der Waals surface area contributed by atoms with Gasteiger partial charge in [-0.25, -0.2) is 0 Å². The lowest BCUT2D eigenvalue weighted by Crippen LogP contribution is -2.63. The summed E-state index contributed by atoms with van der Waals surface area (Å²) in [5.74, 6) is -0.206. The Hall–Kier alpha value is -5.59. The van der Waals surface area contributed by atoms with Crippen LogP contribution in [0.2, 0.25) is 5.02 Å². The second-order valence-electron chi connectivity index (χ2n) is 16.7. The van der Waals surface area contributed by atoms with Crippen LogP contribution in [0.5, 0.6) is 5.75 Å². The van der Waals surface area contributed by atoms with Gasteiger partial charge < -0.3 is 19.9 Å². The lowest BCUT2D eigenvalue weighted by molar-refractivity contribution is -0.136. The van der Waals surface area contributed by atoms with Gasteiger partial charge in [0.2, 0.25) is 11.8 Å². The van der Waals surface area contributed by atoms with E-state index in [0.29, 0.717) is 51.2 Å². The Bertz CT molecular complexity index is 2220. The number of hydrogen-bond acceptors (Lipinski definition) is 12. The maximum absolute atomic E-state index is 13.5. The summed E-state index contributed by atoms with van der Waals surface area (Å²) in [6.45, 7) is 4.56. The van der Waals surface area contributed by atoms with Crippen LogP contribution in [0.15, 0.2) is 48.5 Å². The molecule has 16 heteroatoms. The number of carbonyl (C=O) groups excluding carboxylic acids is 5. The molecule has 3 atom stereocenters. The normalized spacial score (nSPS) is 26.1. The van der Waals surface area contributed by atoms with E-state index in [2.05, 4.69) is 41.6 Å². The third-order valence-electron chi connectivity index (χ3n) is 13.1. The summed E-state index contributed by atoms with van der Waals surface area (Å²) >= 11 is 6.15. The van der Waals surface area contributed by atoms with Crippen molar-refractivity contribution in [3.05, 3.63) is 75.9 Å². The van der Waals surface area contributed by atoms with Gasteiger partial charge in [0.15, 0.2) is 11.5 Å². The van der Waals surface area contributed by atoms with E-state index in [-0.39, 0.29) is 30.9 Å². The molecule has 0 radical (unpaired) electrons. The average Bonchev–Trinajstić information content (AvgIpc) is 3.50. The van der Waals surface area contributed by atoms with Gasteiger partial charge in [-0.15, -0.1) is 10.2 Å². The number of nitrogens with zero attached hydrogens (tertiary/aromatic N) is 7. The minimum atomic E-state index is -0.976. The number of anilines is 2. The van der Waals surface area contributed by atoms with Crippen molar-refractivity contribution >= 4 is 52.6 Å². The van der Waals surface area contributed by atoms with Crippen LogP contribution in [0.1, 0.15) is 101 Å². The van der Waals surface area contributed by atoms with E-state index in [1.807, 2.05) is 18.2 Å². The van der Waals surface area contributed by atoms with E-state index in [0.717, 1.165) is 100 Å². The number of benzene rings is 2. The summed E-state index contributed by atoms with van der Waals surface area (Å²) < 4.78 is 6.09. The van der Waals surface area contributed by atoms with Gasteiger partial charge in [0.1, 0.15) is 17.9 Å². The van der Waals surface area contributed by atoms with Gasteiger partial charge in [-0.05, 0) is 106 Å². The maximum Gasteiger partial charge on any atom is 0.272 e. The zero-order valence-corrected chi connectivity index (χ0v) is 33.4. The summed E-state index contributed by atoms with van der Waals surface area (Å²) in [5, 5.41) is 23.6. The van der Waals surface area contributed by atoms with E-state index in [1.165, 1.54) is 0 Å². The Balaban J connectivity index is 0.726. The number of halogens is 1. The van der Waals surface area contributed by atoms with Crippen molar-refractivity contribution in [2.75, 3.05) is 42.5 Å². The fraction of sp³-hybridized carbons (Fsp3) is 0.488. The zero-order chi connectivity index (χ0) is 40.8. The highest BCUT2D eigenvalue weighted by Gasteiger charge is 2.46. The standard InChI is InChI=1S/C43H46ClN9O6/c44-35-20-32(7-1-26(35)21-45)59-31-8-2-27(3-9-31)46-40(55)36-11-13-38(49-48-36)50-17-15-25(16-18-50)22-51-23-30-5-4-29(51)24-52(30)28-6-10-33-34(19-28)43(58)53(42(33)57)37-12-14-39(54)47-41(37)56/h1,6-7,10-11,13,19-20,25,27,29-31,37H,2-5,8-9,12,14-18,22-24H2,(H,46,55)(H,47,54,56)/t27-,29?,30?,31-,37?. The molecule has 2 bridgehead atoms. The smallest absolute Gasteiger partial charge is 0.272 e. The van der Waals surface area contributed by atoms with Gasteiger partial charge in [0, 0.05) is 69.0 Å². The minimum Gasteiger partial charge on any atom is -0.490 e. The highest BCUT2D eigenvalue weighted by molar-refractivity contribution is 6.31. The molecule has 306 valence electrons. The molecule has 1 aliphatic carbocycles. The van der Waals surface area contributed by atoms with Gasteiger partial charge in [0.05, 0.1) is 27.8 Å². The van der Waals surface area contributed by atoms with E-state index < -0.39 is 29.7 Å². The number of nitriles is 1. The number of nitrogens with one attached hydrogen (secondary N) is 2. The number of fused-ring (bicyclic) bond motifs is 4. The topological polar surface area (TPSA) is 181 Å².